The van der Waals surface area contributed by atoms with E-state index in [0.29, 0.717) is 12.6 Å². The molecule has 1 aromatic carbocycles. The molecule has 0 amide bonds. The maximum Gasteiger partial charge on any atom is 0.243 e. The van der Waals surface area contributed by atoms with Gasteiger partial charge in [-0.3, -0.25) is 0 Å². The maximum absolute atomic E-state index is 13.3. The van der Waals surface area contributed by atoms with Crippen LogP contribution in [0, 0.1) is 5.82 Å². The first-order chi connectivity index (χ1) is 8.09. The van der Waals surface area contributed by atoms with Crippen LogP contribution < -0.4 is 10.0 Å². The topological polar surface area (TPSA) is 58.2 Å². The van der Waals surface area contributed by atoms with Crippen LogP contribution in [-0.4, -0.2) is 27.5 Å². The van der Waals surface area contributed by atoms with E-state index in [-0.39, 0.29) is 11.4 Å². The molecular formula is C11H15FN2O2S. The maximum atomic E-state index is 13.3. The van der Waals surface area contributed by atoms with Gasteiger partial charge in [0.05, 0.1) is 0 Å². The van der Waals surface area contributed by atoms with Crippen molar-refractivity contribution in [1.29, 1.82) is 0 Å². The summed E-state index contributed by atoms with van der Waals surface area (Å²) in [7, 11) is -3.73. The molecule has 6 heteroatoms. The van der Waals surface area contributed by atoms with Crippen molar-refractivity contribution in [3.05, 3.63) is 30.1 Å². The summed E-state index contributed by atoms with van der Waals surface area (Å²) in [4.78, 5) is -0.300. The Morgan fingerprint density at radius 3 is 2.59 bits per heavy atom. The number of rotatable bonds is 6. The van der Waals surface area contributed by atoms with Crippen LogP contribution in [-0.2, 0) is 10.0 Å². The first-order valence-corrected chi connectivity index (χ1v) is 7.05. The van der Waals surface area contributed by atoms with E-state index in [1.54, 1.807) is 0 Å². The number of hydrogen-bond acceptors (Lipinski definition) is 3. The standard InChI is InChI=1S/C11H15FN2O2S/c12-10-3-1-2-4-11(10)17(15,16)14-8-7-13-9-5-6-9/h1-4,9,13-14H,5-8H2. The molecule has 0 radical (unpaired) electrons. The van der Waals surface area contributed by atoms with Crippen molar-refractivity contribution in [1.82, 2.24) is 10.0 Å². The van der Waals surface area contributed by atoms with E-state index in [2.05, 4.69) is 10.0 Å². The van der Waals surface area contributed by atoms with Gasteiger partial charge in [0.1, 0.15) is 10.7 Å². The Kier molecular flexibility index (Phi) is 3.76. The molecule has 1 aliphatic carbocycles. The largest absolute Gasteiger partial charge is 0.313 e. The number of benzene rings is 1. The fourth-order valence-corrected chi connectivity index (χ4v) is 2.60. The lowest BCUT2D eigenvalue weighted by molar-refractivity contribution is 0.553. The Morgan fingerprint density at radius 1 is 1.24 bits per heavy atom. The lowest BCUT2D eigenvalue weighted by atomic mass is 10.4. The third-order valence-electron chi connectivity index (χ3n) is 2.55. The van der Waals surface area contributed by atoms with E-state index in [9.17, 15) is 12.8 Å². The molecule has 0 unspecified atom stereocenters. The Labute approximate surface area is 100 Å². The Morgan fingerprint density at radius 2 is 1.94 bits per heavy atom. The highest BCUT2D eigenvalue weighted by Crippen LogP contribution is 2.18. The summed E-state index contributed by atoms with van der Waals surface area (Å²) in [6, 6.07) is 5.89. The van der Waals surface area contributed by atoms with Gasteiger partial charge in [0.2, 0.25) is 10.0 Å². The minimum atomic E-state index is -3.73. The van der Waals surface area contributed by atoms with Crippen LogP contribution in [0.5, 0.6) is 0 Å². The van der Waals surface area contributed by atoms with Gasteiger partial charge >= 0.3 is 0 Å². The van der Waals surface area contributed by atoms with Gasteiger partial charge in [-0.25, -0.2) is 17.5 Å². The van der Waals surface area contributed by atoms with Crippen molar-refractivity contribution < 1.29 is 12.8 Å². The quantitative estimate of drug-likeness (QED) is 0.744. The van der Waals surface area contributed by atoms with Crippen LogP contribution in [0.2, 0.25) is 0 Å². The molecule has 1 saturated carbocycles. The molecular weight excluding hydrogens is 243 g/mol. The molecule has 1 fully saturated rings. The molecule has 2 rings (SSSR count). The number of halogens is 1. The monoisotopic (exact) mass is 258 g/mol. The lowest BCUT2D eigenvalue weighted by Gasteiger charge is -2.07. The molecule has 0 aromatic heterocycles. The smallest absolute Gasteiger partial charge is 0.243 e. The van der Waals surface area contributed by atoms with Gasteiger partial charge in [0.25, 0.3) is 0 Å². The van der Waals surface area contributed by atoms with Crippen LogP contribution in [0.1, 0.15) is 12.8 Å². The highest BCUT2D eigenvalue weighted by molar-refractivity contribution is 7.89. The summed E-state index contributed by atoms with van der Waals surface area (Å²) in [6.07, 6.45) is 2.31. The molecule has 0 saturated heterocycles. The number of sulfonamides is 1. The summed E-state index contributed by atoms with van der Waals surface area (Å²) < 4.78 is 39.1. The Balaban J connectivity index is 1.91. The van der Waals surface area contributed by atoms with E-state index in [1.807, 2.05) is 0 Å². The minimum absolute atomic E-state index is 0.271. The van der Waals surface area contributed by atoms with Crippen molar-refractivity contribution in [2.24, 2.45) is 0 Å². The van der Waals surface area contributed by atoms with Crippen molar-refractivity contribution >= 4 is 10.0 Å². The molecule has 0 heterocycles. The summed E-state index contributed by atoms with van der Waals surface area (Å²) in [6.45, 7) is 0.839. The molecule has 2 N–H and O–H groups in total. The molecule has 0 bridgehead atoms. The van der Waals surface area contributed by atoms with Gasteiger partial charge in [-0.15, -0.1) is 0 Å². The number of nitrogens with one attached hydrogen (secondary N) is 2. The summed E-state index contributed by atoms with van der Waals surface area (Å²) in [5.74, 6) is -0.727. The van der Waals surface area contributed by atoms with E-state index < -0.39 is 15.8 Å². The van der Waals surface area contributed by atoms with Crippen molar-refractivity contribution in [2.45, 2.75) is 23.8 Å². The van der Waals surface area contributed by atoms with Gasteiger partial charge in [0, 0.05) is 19.1 Å². The van der Waals surface area contributed by atoms with Crippen molar-refractivity contribution in [2.75, 3.05) is 13.1 Å². The van der Waals surface area contributed by atoms with Crippen LogP contribution in [0.4, 0.5) is 4.39 Å². The van der Waals surface area contributed by atoms with Gasteiger partial charge in [-0.05, 0) is 25.0 Å². The van der Waals surface area contributed by atoms with E-state index in [4.69, 9.17) is 0 Å². The molecule has 0 aliphatic heterocycles. The molecule has 0 atom stereocenters. The molecule has 1 aromatic rings. The minimum Gasteiger partial charge on any atom is -0.313 e. The van der Waals surface area contributed by atoms with E-state index in [0.717, 1.165) is 18.9 Å². The van der Waals surface area contributed by atoms with Gasteiger partial charge < -0.3 is 5.32 Å². The second-order valence-electron chi connectivity index (χ2n) is 4.06. The van der Waals surface area contributed by atoms with Crippen LogP contribution in [0.15, 0.2) is 29.2 Å². The Bertz CT molecular complexity index is 486. The van der Waals surface area contributed by atoms with Crippen molar-refractivity contribution in [3.8, 4) is 0 Å². The third kappa shape index (κ3) is 3.49. The molecule has 4 nitrogen and oxygen atoms in total. The van der Waals surface area contributed by atoms with Crippen LogP contribution >= 0.6 is 0 Å². The Hall–Kier alpha value is -0.980. The van der Waals surface area contributed by atoms with Crippen LogP contribution in [0.3, 0.4) is 0 Å². The van der Waals surface area contributed by atoms with Gasteiger partial charge in [0.15, 0.2) is 0 Å². The third-order valence-corrected chi connectivity index (χ3v) is 4.05. The average Bonchev–Trinajstić information content (AvgIpc) is 3.09. The zero-order valence-corrected chi connectivity index (χ0v) is 10.1. The fraction of sp³-hybridized carbons (Fsp3) is 0.455. The van der Waals surface area contributed by atoms with Gasteiger partial charge in [-0.2, -0.15) is 0 Å². The number of hydrogen-bond donors (Lipinski definition) is 2. The zero-order valence-electron chi connectivity index (χ0n) is 9.32. The molecule has 94 valence electrons. The lowest BCUT2D eigenvalue weighted by Crippen LogP contribution is -2.33. The summed E-state index contributed by atoms with van der Waals surface area (Å²) in [5, 5.41) is 3.17. The predicted molar refractivity (Wildman–Crippen MR) is 62.6 cm³/mol. The highest BCUT2D eigenvalue weighted by atomic mass is 32.2. The van der Waals surface area contributed by atoms with E-state index >= 15 is 0 Å². The normalized spacial score (nSPS) is 16.1. The molecule has 17 heavy (non-hydrogen) atoms. The first kappa shape index (κ1) is 12.5. The molecule has 0 spiro atoms. The average molecular weight is 258 g/mol. The second-order valence-corrected chi connectivity index (χ2v) is 5.79. The highest BCUT2D eigenvalue weighted by Gasteiger charge is 2.21. The predicted octanol–water partition coefficient (Wildman–Crippen LogP) is 0.856. The van der Waals surface area contributed by atoms with Gasteiger partial charge in [-0.1, -0.05) is 12.1 Å². The summed E-state index contributed by atoms with van der Waals surface area (Å²) in [5.41, 5.74) is 0. The van der Waals surface area contributed by atoms with Crippen LogP contribution in [0.25, 0.3) is 0 Å². The summed E-state index contributed by atoms with van der Waals surface area (Å²) >= 11 is 0. The zero-order chi connectivity index (χ0) is 12.3. The SMILES string of the molecule is O=S(=O)(NCCNC1CC1)c1ccccc1F. The second kappa shape index (κ2) is 5.12. The molecule has 1 aliphatic rings. The van der Waals surface area contributed by atoms with E-state index in [1.165, 1.54) is 18.2 Å². The fourth-order valence-electron chi connectivity index (χ4n) is 1.49. The first-order valence-electron chi connectivity index (χ1n) is 5.57. The van der Waals surface area contributed by atoms with Crippen molar-refractivity contribution in [3.63, 3.8) is 0 Å².